The van der Waals surface area contributed by atoms with Crippen LogP contribution < -0.4 is 4.84 Å². The van der Waals surface area contributed by atoms with Crippen LogP contribution in [-0.4, -0.2) is 6.04 Å². The molecule has 0 atom stereocenters. The molecule has 0 spiro atoms. The van der Waals surface area contributed by atoms with Crippen LogP contribution in [0.3, 0.4) is 0 Å². The lowest BCUT2D eigenvalue weighted by Crippen LogP contribution is -2.18. The zero-order chi connectivity index (χ0) is 7.11. The summed E-state index contributed by atoms with van der Waals surface area (Å²) in [6, 6.07) is 0.293. The Balaban J connectivity index is 3.39. The Morgan fingerprint density at radius 2 is 1.78 bits per heavy atom. The van der Waals surface area contributed by atoms with Crippen LogP contribution in [0.2, 0.25) is 0 Å². The predicted octanol–water partition coefficient (Wildman–Crippen LogP) is 2.25. The van der Waals surface area contributed by atoms with Crippen LogP contribution >= 0.6 is 11.8 Å². The van der Waals surface area contributed by atoms with E-state index in [9.17, 15) is 0 Å². The molecule has 1 N–H and O–H groups in total. The molecule has 0 rings (SSSR count). The minimum atomic E-state index is 0.293. The highest BCUT2D eigenvalue weighted by molar-refractivity contribution is 6.13. The highest BCUT2D eigenvalue weighted by Gasteiger charge is 1.99. The Hall–Kier alpha value is -0.270. The number of rotatable bonds is 5. The Labute approximate surface area is 61.5 Å². The molecule has 0 radical (unpaired) electrons. The van der Waals surface area contributed by atoms with Crippen molar-refractivity contribution in [1.82, 2.24) is 4.84 Å². The molecule has 0 aromatic carbocycles. The number of hydrogen-bond donors (Lipinski definition) is 1. The molecule has 0 aromatic heterocycles. The molecule has 0 bridgehead atoms. The van der Waals surface area contributed by atoms with Crippen LogP contribution in [-0.2, 0) is 0 Å². The standard InChI is InChI=1S/C7H12ClN/c1-3-5-7(9-8)6-4-2/h3-4,7,9H,1-2,5-6H2. The van der Waals surface area contributed by atoms with E-state index in [0.717, 1.165) is 12.8 Å². The van der Waals surface area contributed by atoms with E-state index in [1.165, 1.54) is 0 Å². The SMILES string of the molecule is C=CCC(CC=C)NCl. The molecule has 0 amide bonds. The van der Waals surface area contributed by atoms with Gasteiger partial charge in [-0.1, -0.05) is 12.2 Å². The van der Waals surface area contributed by atoms with Crippen molar-refractivity contribution in [1.29, 1.82) is 0 Å². The van der Waals surface area contributed by atoms with Gasteiger partial charge >= 0.3 is 0 Å². The fourth-order valence-electron chi connectivity index (χ4n) is 0.588. The minimum Gasteiger partial charge on any atom is -0.230 e. The van der Waals surface area contributed by atoms with Crippen molar-refractivity contribution in [3.05, 3.63) is 25.3 Å². The average molecular weight is 146 g/mol. The van der Waals surface area contributed by atoms with Crippen LogP contribution in [0.15, 0.2) is 25.3 Å². The molecular weight excluding hydrogens is 134 g/mol. The van der Waals surface area contributed by atoms with Gasteiger partial charge in [0.25, 0.3) is 0 Å². The van der Waals surface area contributed by atoms with Crippen LogP contribution in [0.1, 0.15) is 12.8 Å². The molecule has 0 aromatic rings. The lowest BCUT2D eigenvalue weighted by Gasteiger charge is -2.07. The quantitative estimate of drug-likeness (QED) is 0.462. The van der Waals surface area contributed by atoms with Gasteiger partial charge in [0, 0.05) is 6.04 Å². The number of hydrogen-bond acceptors (Lipinski definition) is 1. The van der Waals surface area contributed by atoms with Crippen molar-refractivity contribution >= 4 is 11.8 Å². The Morgan fingerprint density at radius 1 is 1.33 bits per heavy atom. The van der Waals surface area contributed by atoms with E-state index >= 15 is 0 Å². The maximum Gasteiger partial charge on any atom is 0.0289 e. The summed E-state index contributed by atoms with van der Waals surface area (Å²) in [5.41, 5.74) is 0. The summed E-state index contributed by atoms with van der Waals surface area (Å²) in [5.74, 6) is 0. The van der Waals surface area contributed by atoms with Crippen LogP contribution in [0.25, 0.3) is 0 Å². The molecule has 1 nitrogen and oxygen atoms in total. The molecule has 0 aliphatic heterocycles. The third kappa shape index (κ3) is 4.25. The first-order chi connectivity index (χ1) is 4.35. The molecule has 0 fully saturated rings. The Bertz CT molecular complexity index is 80.9. The molecule has 0 aliphatic rings. The first-order valence-electron chi connectivity index (χ1n) is 2.93. The Kier molecular flexibility index (Phi) is 5.68. The fraction of sp³-hybridized carbons (Fsp3) is 0.429. The first kappa shape index (κ1) is 8.73. The first-order valence-corrected chi connectivity index (χ1v) is 3.31. The summed E-state index contributed by atoms with van der Waals surface area (Å²) < 4.78 is 0. The van der Waals surface area contributed by atoms with E-state index in [4.69, 9.17) is 11.8 Å². The summed E-state index contributed by atoms with van der Waals surface area (Å²) in [6.07, 6.45) is 5.44. The molecule has 9 heavy (non-hydrogen) atoms. The lowest BCUT2D eigenvalue weighted by molar-refractivity contribution is 0.643. The molecule has 0 saturated carbocycles. The summed E-state index contributed by atoms with van der Waals surface area (Å²) in [6.45, 7) is 7.20. The normalized spacial score (nSPS) is 9.56. The highest BCUT2D eigenvalue weighted by atomic mass is 35.5. The van der Waals surface area contributed by atoms with Gasteiger partial charge in [-0.3, -0.25) is 0 Å². The predicted molar refractivity (Wildman–Crippen MR) is 42.4 cm³/mol. The highest BCUT2D eigenvalue weighted by Crippen LogP contribution is 1.99. The maximum absolute atomic E-state index is 5.38. The summed E-state index contributed by atoms with van der Waals surface area (Å²) in [4.78, 5) is 2.63. The molecule has 2 heteroatoms. The van der Waals surface area contributed by atoms with Gasteiger partial charge in [0.15, 0.2) is 0 Å². The van der Waals surface area contributed by atoms with Crippen LogP contribution in [0.4, 0.5) is 0 Å². The van der Waals surface area contributed by atoms with E-state index in [1.54, 1.807) is 0 Å². The van der Waals surface area contributed by atoms with E-state index in [-0.39, 0.29) is 0 Å². The zero-order valence-corrected chi connectivity index (χ0v) is 6.19. The maximum atomic E-state index is 5.38. The molecule has 52 valence electrons. The van der Waals surface area contributed by atoms with Crippen molar-refractivity contribution in [2.75, 3.05) is 0 Å². The van der Waals surface area contributed by atoms with Gasteiger partial charge < -0.3 is 0 Å². The topological polar surface area (TPSA) is 12.0 Å². The second kappa shape index (κ2) is 5.86. The van der Waals surface area contributed by atoms with E-state index in [2.05, 4.69) is 18.0 Å². The van der Waals surface area contributed by atoms with Crippen molar-refractivity contribution in [3.8, 4) is 0 Å². The average Bonchev–Trinajstić information content (AvgIpc) is 1.88. The number of nitrogens with one attached hydrogen (secondary N) is 1. The molecule has 0 saturated heterocycles. The molecule has 0 heterocycles. The van der Waals surface area contributed by atoms with Crippen molar-refractivity contribution < 1.29 is 0 Å². The van der Waals surface area contributed by atoms with Gasteiger partial charge in [-0.05, 0) is 24.6 Å². The molecule has 0 unspecified atom stereocenters. The summed E-state index contributed by atoms with van der Waals surface area (Å²) >= 11 is 5.38. The minimum absolute atomic E-state index is 0.293. The fourth-order valence-corrected chi connectivity index (χ4v) is 0.766. The second-order valence-corrected chi connectivity index (χ2v) is 2.07. The second-order valence-electron chi connectivity index (χ2n) is 1.85. The van der Waals surface area contributed by atoms with Gasteiger partial charge in [0.1, 0.15) is 0 Å². The van der Waals surface area contributed by atoms with Gasteiger partial charge in [-0.2, -0.15) is 0 Å². The third-order valence-electron chi connectivity index (χ3n) is 1.06. The van der Waals surface area contributed by atoms with Crippen molar-refractivity contribution in [2.45, 2.75) is 18.9 Å². The van der Waals surface area contributed by atoms with Gasteiger partial charge in [-0.25, -0.2) is 4.84 Å². The third-order valence-corrected chi connectivity index (χ3v) is 1.37. The van der Waals surface area contributed by atoms with E-state index < -0.39 is 0 Å². The van der Waals surface area contributed by atoms with Crippen molar-refractivity contribution in [3.63, 3.8) is 0 Å². The smallest absolute Gasteiger partial charge is 0.0289 e. The van der Waals surface area contributed by atoms with Crippen LogP contribution in [0, 0.1) is 0 Å². The largest absolute Gasteiger partial charge is 0.230 e. The van der Waals surface area contributed by atoms with Gasteiger partial charge in [0.05, 0.1) is 0 Å². The van der Waals surface area contributed by atoms with E-state index in [0.29, 0.717) is 6.04 Å². The summed E-state index contributed by atoms with van der Waals surface area (Å²) in [7, 11) is 0. The number of halogens is 1. The monoisotopic (exact) mass is 145 g/mol. The summed E-state index contributed by atoms with van der Waals surface area (Å²) in [5, 5.41) is 0. The molecular formula is C7H12ClN. The van der Waals surface area contributed by atoms with Gasteiger partial charge in [0.2, 0.25) is 0 Å². The zero-order valence-electron chi connectivity index (χ0n) is 5.44. The van der Waals surface area contributed by atoms with Crippen LogP contribution in [0.5, 0.6) is 0 Å². The van der Waals surface area contributed by atoms with Crippen molar-refractivity contribution in [2.24, 2.45) is 0 Å². The van der Waals surface area contributed by atoms with E-state index in [1.807, 2.05) is 12.2 Å². The van der Waals surface area contributed by atoms with Gasteiger partial charge in [-0.15, -0.1) is 13.2 Å². The molecule has 0 aliphatic carbocycles. The Morgan fingerprint density at radius 3 is 2.00 bits per heavy atom. The lowest BCUT2D eigenvalue weighted by atomic mass is 10.1.